The summed E-state index contributed by atoms with van der Waals surface area (Å²) in [6.07, 6.45) is 0.922. The molecule has 0 aliphatic carbocycles. The molecule has 2 amide bonds. The fourth-order valence-electron chi connectivity index (χ4n) is 3.83. The molecule has 1 heterocycles. The predicted octanol–water partition coefficient (Wildman–Crippen LogP) is 4.88. The van der Waals surface area contributed by atoms with Gasteiger partial charge in [-0.3, -0.25) is 9.59 Å². The lowest BCUT2D eigenvalue weighted by molar-refractivity contribution is -0.130. The number of hydrogen-bond donors (Lipinski definition) is 2. The number of methoxy groups -OCH3 is 1. The monoisotopic (exact) mass is 471 g/mol. The molecule has 3 aromatic carbocycles. The van der Waals surface area contributed by atoms with Crippen LogP contribution in [-0.4, -0.2) is 49.5 Å². The standard InChI is InChI=1S/C28H29N3O4/c1-31(2)27(33)18-35-22-14-10-20(11-15-22)29-26(32)17-16-24-23-6-4-5-7-25(23)30-28(24)19-8-12-21(34-3)13-9-19/h4-15,30H,16-18H2,1-3H3,(H,29,32). The molecule has 35 heavy (non-hydrogen) atoms. The van der Waals surface area contributed by atoms with Crippen molar-refractivity contribution in [3.05, 3.63) is 78.4 Å². The minimum atomic E-state index is -0.117. The van der Waals surface area contributed by atoms with Gasteiger partial charge in [0, 0.05) is 42.8 Å². The number of nitrogens with one attached hydrogen (secondary N) is 2. The van der Waals surface area contributed by atoms with E-state index in [0.717, 1.165) is 33.5 Å². The second kappa shape index (κ2) is 10.8. The van der Waals surface area contributed by atoms with Crippen LogP contribution in [0.2, 0.25) is 0 Å². The minimum absolute atomic E-state index is 0.0279. The van der Waals surface area contributed by atoms with Crippen molar-refractivity contribution < 1.29 is 19.1 Å². The van der Waals surface area contributed by atoms with Crippen LogP contribution in [-0.2, 0) is 16.0 Å². The lowest BCUT2D eigenvalue weighted by Crippen LogP contribution is -2.27. The first-order valence-electron chi connectivity index (χ1n) is 11.4. The zero-order chi connectivity index (χ0) is 24.8. The number of nitrogens with zero attached hydrogens (tertiary/aromatic N) is 1. The van der Waals surface area contributed by atoms with E-state index in [9.17, 15) is 9.59 Å². The van der Waals surface area contributed by atoms with E-state index in [-0.39, 0.29) is 18.4 Å². The molecule has 0 spiro atoms. The number of H-pyrrole nitrogens is 1. The van der Waals surface area contributed by atoms with Crippen molar-refractivity contribution in [1.29, 1.82) is 0 Å². The highest BCUT2D eigenvalue weighted by Crippen LogP contribution is 2.32. The van der Waals surface area contributed by atoms with Crippen molar-refractivity contribution in [3.63, 3.8) is 0 Å². The number of fused-ring (bicyclic) bond motifs is 1. The smallest absolute Gasteiger partial charge is 0.259 e. The first-order valence-corrected chi connectivity index (χ1v) is 11.4. The number of aryl methyl sites for hydroxylation is 1. The van der Waals surface area contributed by atoms with E-state index in [1.54, 1.807) is 45.5 Å². The Morgan fingerprint density at radius 2 is 1.60 bits per heavy atom. The third-order valence-electron chi connectivity index (χ3n) is 5.79. The zero-order valence-corrected chi connectivity index (χ0v) is 20.1. The average molecular weight is 472 g/mol. The number of benzene rings is 3. The van der Waals surface area contributed by atoms with Gasteiger partial charge in [0.05, 0.1) is 7.11 Å². The van der Waals surface area contributed by atoms with Crippen LogP contribution < -0.4 is 14.8 Å². The van der Waals surface area contributed by atoms with Crippen molar-refractivity contribution >= 4 is 28.4 Å². The van der Waals surface area contributed by atoms with Crippen molar-refractivity contribution in [2.45, 2.75) is 12.8 Å². The van der Waals surface area contributed by atoms with Crippen molar-refractivity contribution in [2.75, 3.05) is 33.1 Å². The van der Waals surface area contributed by atoms with Gasteiger partial charge in [0.2, 0.25) is 5.91 Å². The van der Waals surface area contributed by atoms with Crippen LogP contribution in [0.3, 0.4) is 0 Å². The fourth-order valence-corrected chi connectivity index (χ4v) is 3.83. The zero-order valence-electron chi connectivity index (χ0n) is 20.1. The first-order chi connectivity index (χ1) is 16.9. The summed E-state index contributed by atoms with van der Waals surface area (Å²) in [5, 5.41) is 4.05. The van der Waals surface area contributed by atoms with E-state index < -0.39 is 0 Å². The molecule has 2 N–H and O–H groups in total. The molecule has 0 fully saturated rings. The summed E-state index contributed by atoms with van der Waals surface area (Å²) < 4.78 is 10.8. The molecule has 4 aromatic rings. The molecule has 0 atom stereocenters. The van der Waals surface area contributed by atoms with E-state index in [4.69, 9.17) is 9.47 Å². The number of hydrogen-bond acceptors (Lipinski definition) is 4. The highest BCUT2D eigenvalue weighted by molar-refractivity contribution is 5.94. The normalized spacial score (nSPS) is 10.7. The molecular weight excluding hydrogens is 442 g/mol. The Balaban J connectivity index is 1.43. The molecule has 7 heteroatoms. The van der Waals surface area contributed by atoms with Gasteiger partial charge in [-0.05, 0) is 72.1 Å². The number of aromatic amines is 1. The fraction of sp³-hybridized carbons (Fsp3) is 0.214. The molecule has 7 nitrogen and oxygen atoms in total. The average Bonchev–Trinajstić information content (AvgIpc) is 3.25. The van der Waals surface area contributed by atoms with Crippen LogP contribution in [0.15, 0.2) is 72.8 Å². The van der Waals surface area contributed by atoms with Gasteiger partial charge in [0.15, 0.2) is 6.61 Å². The number of carbonyl (C=O) groups excluding carboxylic acids is 2. The number of para-hydroxylation sites is 1. The lowest BCUT2D eigenvalue weighted by Gasteiger charge is -2.12. The second-order valence-corrected chi connectivity index (χ2v) is 8.40. The van der Waals surface area contributed by atoms with Gasteiger partial charge in [-0.2, -0.15) is 0 Å². The van der Waals surface area contributed by atoms with Crippen molar-refractivity contribution in [2.24, 2.45) is 0 Å². The quantitative estimate of drug-likeness (QED) is 0.364. The number of aromatic nitrogens is 1. The van der Waals surface area contributed by atoms with Gasteiger partial charge in [0.25, 0.3) is 5.91 Å². The molecular formula is C28H29N3O4. The number of likely N-dealkylation sites (N-methyl/N-ethyl adjacent to an activating group) is 1. The number of ether oxygens (including phenoxy) is 2. The van der Waals surface area contributed by atoms with E-state index >= 15 is 0 Å². The van der Waals surface area contributed by atoms with Crippen LogP contribution >= 0.6 is 0 Å². The van der Waals surface area contributed by atoms with Gasteiger partial charge in [-0.25, -0.2) is 0 Å². The van der Waals surface area contributed by atoms with Gasteiger partial charge in [-0.15, -0.1) is 0 Å². The highest BCUT2D eigenvalue weighted by Gasteiger charge is 2.15. The lowest BCUT2D eigenvalue weighted by atomic mass is 10.0. The summed E-state index contributed by atoms with van der Waals surface area (Å²) in [6.45, 7) is -0.0279. The number of rotatable bonds is 9. The van der Waals surface area contributed by atoms with Crippen LogP contribution in [0.5, 0.6) is 11.5 Å². The third kappa shape index (κ3) is 5.81. The van der Waals surface area contributed by atoms with Crippen LogP contribution in [0.4, 0.5) is 5.69 Å². The van der Waals surface area contributed by atoms with E-state index in [0.29, 0.717) is 24.3 Å². The Kier molecular flexibility index (Phi) is 7.35. The van der Waals surface area contributed by atoms with Gasteiger partial charge < -0.3 is 24.7 Å². The summed E-state index contributed by atoms with van der Waals surface area (Å²) in [7, 11) is 5.01. The highest BCUT2D eigenvalue weighted by atomic mass is 16.5. The maximum atomic E-state index is 12.7. The van der Waals surface area contributed by atoms with E-state index in [1.807, 2.05) is 42.5 Å². The molecule has 0 aliphatic heterocycles. The SMILES string of the molecule is COc1ccc(-c2[nH]c3ccccc3c2CCC(=O)Nc2ccc(OCC(=O)N(C)C)cc2)cc1. The molecule has 0 bridgehead atoms. The summed E-state index contributed by atoms with van der Waals surface area (Å²) in [4.78, 5) is 29.4. The molecule has 4 rings (SSSR count). The van der Waals surface area contributed by atoms with Crippen LogP contribution in [0.1, 0.15) is 12.0 Å². The van der Waals surface area contributed by atoms with Crippen LogP contribution in [0, 0.1) is 0 Å². The number of anilines is 1. The maximum absolute atomic E-state index is 12.7. The molecule has 0 aliphatic rings. The molecule has 0 unspecified atom stereocenters. The largest absolute Gasteiger partial charge is 0.497 e. The third-order valence-corrected chi connectivity index (χ3v) is 5.79. The van der Waals surface area contributed by atoms with E-state index in [2.05, 4.69) is 16.4 Å². The second-order valence-electron chi connectivity index (χ2n) is 8.40. The summed E-state index contributed by atoms with van der Waals surface area (Å²) in [5.74, 6) is 1.17. The van der Waals surface area contributed by atoms with Gasteiger partial charge in [-0.1, -0.05) is 18.2 Å². The Labute approximate surface area is 204 Å². The van der Waals surface area contributed by atoms with Crippen LogP contribution in [0.25, 0.3) is 22.2 Å². The molecule has 1 aromatic heterocycles. The first kappa shape index (κ1) is 23.9. The van der Waals surface area contributed by atoms with Gasteiger partial charge >= 0.3 is 0 Å². The Morgan fingerprint density at radius 3 is 2.29 bits per heavy atom. The summed E-state index contributed by atoms with van der Waals surface area (Å²) in [5.41, 5.74) is 4.87. The minimum Gasteiger partial charge on any atom is -0.497 e. The number of amides is 2. The Morgan fingerprint density at radius 1 is 0.914 bits per heavy atom. The summed E-state index contributed by atoms with van der Waals surface area (Å²) in [6, 6.07) is 23.0. The van der Waals surface area contributed by atoms with Gasteiger partial charge in [0.1, 0.15) is 11.5 Å². The Bertz CT molecular complexity index is 1310. The number of carbonyl (C=O) groups is 2. The van der Waals surface area contributed by atoms with Crippen molar-refractivity contribution in [1.82, 2.24) is 9.88 Å². The predicted molar refractivity (Wildman–Crippen MR) is 138 cm³/mol. The molecule has 180 valence electrons. The molecule has 0 saturated heterocycles. The topological polar surface area (TPSA) is 83.7 Å². The molecule has 0 saturated carbocycles. The maximum Gasteiger partial charge on any atom is 0.259 e. The molecule has 0 radical (unpaired) electrons. The Hall–Kier alpha value is -4.26. The van der Waals surface area contributed by atoms with E-state index in [1.165, 1.54) is 4.90 Å². The van der Waals surface area contributed by atoms with Crippen molar-refractivity contribution in [3.8, 4) is 22.8 Å². The summed E-state index contributed by atoms with van der Waals surface area (Å²) >= 11 is 0.